The molecule has 0 saturated carbocycles. The van der Waals surface area contributed by atoms with Crippen molar-refractivity contribution in [1.29, 1.82) is 0 Å². The molecule has 11 heteroatoms. The largest absolute Gasteiger partial charge is 0.480 e. The van der Waals surface area contributed by atoms with Crippen molar-refractivity contribution >= 4 is 37.9 Å². The van der Waals surface area contributed by atoms with Gasteiger partial charge in [0.25, 0.3) is 0 Å². The van der Waals surface area contributed by atoms with Crippen LogP contribution in [0, 0.1) is 5.92 Å². The maximum Gasteiger partial charge on any atom is 0.322 e. The third-order valence-corrected chi connectivity index (χ3v) is 6.55. The molecule has 4 rings (SSSR count). The predicted octanol–water partition coefficient (Wildman–Crippen LogP) is 3.20. The second-order valence-corrected chi connectivity index (χ2v) is 9.42. The van der Waals surface area contributed by atoms with Crippen LogP contribution < -0.4 is 4.72 Å². The summed E-state index contributed by atoms with van der Waals surface area (Å²) in [5.74, 6) is -1.68. The standard InChI is InChI=1S/C21H21FN4O5S/c1-12(2)20(21(27)28)24-32(29,30)14-4-5-15-16-9-13(3-6-18(16)31-19(15)10-14)17-11-26(8-7-22)25-23-17/h3-6,9-12,20,24H,7-8H2,1-2H3,(H,27,28)/t20-/m0/s1. The summed E-state index contributed by atoms with van der Waals surface area (Å²) in [5, 5.41) is 18.7. The highest BCUT2D eigenvalue weighted by Gasteiger charge is 2.28. The number of halogens is 1. The van der Waals surface area contributed by atoms with Crippen LogP contribution in [0.3, 0.4) is 0 Å². The van der Waals surface area contributed by atoms with Gasteiger partial charge in [-0.3, -0.25) is 4.79 Å². The zero-order valence-electron chi connectivity index (χ0n) is 17.3. The Kier molecular flexibility index (Phi) is 5.70. The van der Waals surface area contributed by atoms with Gasteiger partial charge in [0.05, 0.1) is 17.6 Å². The summed E-state index contributed by atoms with van der Waals surface area (Å²) in [4.78, 5) is 11.3. The van der Waals surface area contributed by atoms with E-state index in [4.69, 9.17) is 4.42 Å². The van der Waals surface area contributed by atoms with E-state index < -0.39 is 34.6 Å². The molecule has 1 atom stereocenters. The Morgan fingerprint density at radius 2 is 1.97 bits per heavy atom. The minimum absolute atomic E-state index is 0.0923. The Hall–Kier alpha value is -3.31. The SMILES string of the molecule is CC(C)[C@H](NS(=O)(=O)c1ccc2c(c1)oc1ccc(-c3cn(CCF)nn3)cc12)C(=O)O. The molecule has 0 aliphatic rings. The maximum absolute atomic E-state index is 12.7. The van der Waals surface area contributed by atoms with Gasteiger partial charge in [-0.1, -0.05) is 19.1 Å². The molecule has 4 aromatic rings. The Bertz CT molecular complexity index is 1410. The first-order valence-corrected chi connectivity index (χ1v) is 11.4. The van der Waals surface area contributed by atoms with Crippen LogP contribution in [0.4, 0.5) is 4.39 Å². The van der Waals surface area contributed by atoms with Crippen LogP contribution >= 0.6 is 0 Å². The molecule has 0 aliphatic carbocycles. The molecule has 0 radical (unpaired) electrons. The summed E-state index contributed by atoms with van der Waals surface area (Å²) in [6.07, 6.45) is 1.65. The zero-order chi connectivity index (χ0) is 23.0. The Morgan fingerprint density at radius 1 is 1.19 bits per heavy atom. The van der Waals surface area contributed by atoms with E-state index in [-0.39, 0.29) is 11.4 Å². The molecule has 0 fully saturated rings. The van der Waals surface area contributed by atoms with Gasteiger partial charge < -0.3 is 9.52 Å². The number of nitrogens with one attached hydrogen (secondary N) is 1. The van der Waals surface area contributed by atoms with Gasteiger partial charge in [0.1, 0.15) is 29.6 Å². The van der Waals surface area contributed by atoms with Crippen LogP contribution in [-0.2, 0) is 21.4 Å². The lowest BCUT2D eigenvalue weighted by molar-refractivity contribution is -0.140. The number of carbonyl (C=O) groups is 1. The number of fused-ring (bicyclic) bond motifs is 3. The van der Waals surface area contributed by atoms with Crippen molar-refractivity contribution in [1.82, 2.24) is 19.7 Å². The summed E-state index contributed by atoms with van der Waals surface area (Å²) in [5.41, 5.74) is 2.22. The number of benzene rings is 2. The fourth-order valence-electron chi connectivity index (χ4n) is 3.42. The molecule has 0 aliphatic heterocycles. The average Bonchev–Trinajstić information content (AvgIpc) is 3.35. The van der Waals surface area contributed by atoms with E-state index >= 15 is 0 Å². The molecule has 2 aromatic carbocycles. The molecule has 0 unspecified atom stereocenters. The Morgan fingerprint density at radius 3 is 2.66 bits per heavy atom. The third-order valence-electron chi connectivity index (χ3n) is 5.12. The van der Waals surface area contributed by atoms with E-state index in [9.17, 15) is 22.7 Å². The molecule has 168 valence electrons. The number of hydrogen-bond acceptors (Lipinski definition) is 6. The predicted molar refractivity (Wildman–Crippen MR) is 115 cm³/mol. The van der Waals surface area contributed by atoms with E-state index in [2.05, 4.69) is 15.0 Å². The molecular formula is C21H21FN4O5S. The Balaban J connectivity index is 1.72. The quantitative estimate of drug-likeness (QED) is 0.413. The van der Waals surface area contributed by atoms with Gasteiger partial charge >= 0.3 is 5.97 Å². The van der Waals surface area contributed by atoms with Crippen molar-refractivity contribution in [2.75, 3.05) is 6.67 Å². The number of rotatable bonds is 8. The number of alkyl halides is 1. The average molecular weight is 460 g/mol. The molecular weight excluding hydrogens is 439 g/mol. The minimum Gasteiger partial charge on any atom is -0.480 e. The first-order valence-electron chi connectivity index (χ1n) is 9.87. The molecule has 0 bridgehead atoms. The number of sulfonamides is 1. The maximum atomic E-state index is 12.7. The molecule has 2 heterocycles. The minimum atomic E-state index is -4.07. The molecule has 9 nitrogen and oxygen atoms in total. The highest BCUT2D eigenvalue weighted by atomic mass is 32.2. The van der Waals surface area contributed by atoms with E-state index in [0.29, 0.717) is 22.2 Å². The number of nitrogens with zero attached hydrogens (tertiary/aromatic N) is 3. The topological polar surface area (TPSA) is 127 Å². The van der Waals surface area contributed by atoms with E-state index in [0.717, 1.165) is 10.9 Å². The van der Waals surface area contributed by atoms with Crippen LogP contribution in [0.5, 0.6) is 0 Å². The molecule has 0 saturated heterocycles. The lowest BCUT2D eigenvalue weighted by Crippen LogP contribution is -2.44. The third kappa shape index (κ3) is 4.08. The number of aliphatic carboxylic acids is 1. The number of carboxylic acid groups (broad SMARTS) is 1. The van der Waals surface area contributed by atoms with Crippen molar-refractivity contribution in [2.45, 2.75) is 31.3 Å². The second-order valence-electron chi connectivity index (χ2n) is 7.71. The van der Waals surface area contributed by atoms with Crippen molar-refractivity contribution in [3.63, 3.8) is 0 Å². The second kappa shape index (κ2) is 8.32. The number of hydrogen-bond donors (Lipinski definition) is 2. The fourth-order valence-corrected chi connectivity index (χ4v) is 4.77. The van der Waals surface area contributed by atoms with E-state index in [1.165, 1.54) is 16.8 Å². The van der Waals surface area contributed by atoms with Gasteiger partial charge in [0.2, 0.25) is 10.0 Å². The normalized spacial score (nSPS) is 13.2. The van der Waals surface area contributed by atoms with Crippen LogP contribution in [0.15, 0.2) is 51.9 Å². The van der Waals surface area contributed by atoms with Gasteiger partial charge in [0, 0.05) is 22.4 Å². The number of furan rings is 1. The molecule has 32 heavy (non-hydrogen) atoms. The fraction of sp³-hybridized carbons (Fsp3) is 0.286. The number of aromatic nitrogens is 3. The van der Waals surface area contributed by atoms with Gasteiger partial charge in [0.15, 0.2) is 0 Å². The lowest BCUT2D eigenvalue weighted by Gasteiger charge is -2.17. The smallest absolute Gasteiger partial charge is 0.322 e. The van der Waals surface area contributed by atoms with Crippen LogP contribution in [-0.4, -0.2) is 47.2 Å². The van der Waals surface area contributed by atoms with Gasteiger partial charge in [-0.2, -0.15) is 4.72 Å². The van der Waals surface area contributed by atoms with Crippen molar-refractivity contribution < 1.29 is 27.1 Å². The van der Waals surface area contributed by atoms with E-state index in [1.807, 2.05) is 6.07 Å². The molecule has 2 aromatic heterocycles. The Labute approximate surface area is 182 Å². The summed E-state index contributed by atoms with van der Waals surface area (Å²) in [7, 11) is -4.07. The number of aryl methyl sites for hydroxylation is 1. The van der Waals surface area contributed by atoms with E-state index in [1.54, 1.807) is 38.2 Å². The van der Waals surface area contributed by atoms with Crippen molar-refractivity contribution in [3.05, 3.63) is 42.6 Å². The molecule has 0 spiro atoms. The van der Waals surface area contributed by atoms with Crippen molar-refractivity contribution in [2.24, 2.45) is 5.92 Å². The van der Waals surface area contributed by atoms with Gasteiger partial charge in [-0.15, -0.1) is 5.10 Å². The highest BCUT2D eigenvalue weighted by molar-refractivity contribution is 7.89. The summed E-state index contributed by atoms with van der Waals surface area (Å²) in [6, 6.07) is 8.51. The molecule has 0 amide bonds. The van der Waals surface area contributed by atoms with Crippen LogP contribution in [0.1, 0.15) is 13.8 Å². The van der Waals surface area contributed by atoms with Crippen molar-refractivity contribution in [3.8, 4) is 11.3 Å². The van der Waals surface area contributed by atoms with Crippen LogP contribution in [0.25, 0.3) is 33.2 Å². The molecule has 2 N–H and O–H groups in total. The van der Waals surface area contributed by atoms with Gasteiger partial charge in [-0.05, 0) is 36.2 Å². The van der Waals surface area contributed by atoms with Gasteiger partial charge in [-0.25, -0.2) is 17.5 Å². The first-order chi connectivity index (χ1) is 15.2. The monoisotopic (exact) mass is 460 g/mol. The van der Waals surface area contributed by atoms with Crippen LogP contribution in [0.2, 0.25) is 0 Å². The summed E-state index contributed by atoms with van der Waals surface area (Å²) >= 11 is 0. The zero-order valence-corrected chi connectivity index (χ0v) is 18.1. The number of carboxylic acids is 1. The lowest BCUT2D eigenvalue weighted by atomic mass is 10.1. The summed E-state index contributed by atoms with van der Waals surface area (Å²) < 4.78 is 47.5. The summed E-state index contributed by atoms with van der Waals surface area (Å²) in [6.45, 7) is 2.82. The highest BCUT2D eigenvalue weighted by Crippen LogP contribution is 2.33. The first kappa shape index (κ1) is 21.9.